The van der Waals surface area contributed by atoms with Crippen LogP contribution in [0.1, 0.15) is 97.8 Å². The Bertz CT molecular complexity index is 483. The molecule has 0 saturated carbocycles. The molecule has 4 atom stereocenters. The van der Waals surface area contributed by atoms with Gasteiger partial charge in [0.1, 0.15) is 0 Å². The van der Waals surface area contributed by atoms with Gasteiger partial charge in [0, 0.05) is 12.5 Å². The lowest BCUT2D eigenvalue weighted by molar-refractivity contribution is -0.169. The number of ether oxygens (including phenoxy) is 1. The van der Waals surface area contributed by atoms with Crippen molar-refractivity contribution in [3.05, 3.63) is 0 Å². The maximum Gasteiger partial charge on any atom is 0.251 e. The molecule has 4 nitrogen and oxygen atoms in total. The van der Waals surface area contributed by atoms with Crippen LogP contribution in [0.5, 0.6) is 0 Å². The molecular weight excluding hydrogens is 382 g/mol. The number of carbonyl (C=O) groups excluding carboxylic acids is 1. The summed E-state index contributed by atoms with van der Waals surface area (Å²) >= 11 is 2.15. The molecule has 1 amide bonds. The molecule has 2 aliphatic rings. The van der Waals surface area contributed by atoms with E-state index in [-0.39, 0.29) is 5.91 Å². The summed E-state index contributed by atoms with van der Waals surface area (Å²) in [6.07, 6.45) is 15.9. The summed E-state index contributed by atoms with van der Waals surface area (Å²) in [6, 6.07) is 0. The van der Waals surface area contributed by atoms with Crippen LogP contribution in [0.3, 0.4) is 0 Å². The summed E-state index contributed by atoms with van der Waals surface area (Å²) in [7, 11) is 1.42. The smallest absolute Gasteiger partial charge is 0.251 e. The van der Waals surface area contributed by atoms with E-state index in [0.717, 1.165) is 29.7 Å². The second kappa shape index (κ2) is 12.6. The molecule has 170 valence electrons. The molecule has 1 N–H and O–H groups in total. The number of fused-ring (bicyclic) bond motifs is 2. The van der Waals surface area contributed by atoms with Gasteiger partial charge in [0.25, 0.3) is 5.91 Å². The van der Waals surface area contributed by atoms with Crippen molar-refractivity contribution in [2.24, 2.45) is 17.3 Å². The number of amides is 1. The molecule has 2 saturated heterocycles. The lowest BCUT2D eigenvalue weighted by Crippen LogP contribution is -2.36. The maximum atomic E-state index is 12.0. The highest BCUT2D eigenvalue weighted by Gasteiger charge is 2.47. The van der Waals surface area contributed by atoms with Gasteiger partial charge in [-0.1, -0.05) is 59.3 Å². The molecule has 5 heteroatoms. The molecule has 2 bridgehead atoms. The number of carbonyl (C=O) groups is 1. The van der Waals surface area contributed by atoms with Crippen LogP contribution >= 0.6 is 11.8 Å². The van der Waals surface area contributed by atoms with Gasteiger partial charge < -0.3 is 4.74 Å². The van der Waals surface area contributed by atoms with E-state index in [1.807, 2.05) is 13.8 Å². The molecule has 0 radical (unpaired) electrons. The van der Waals surface area contributed by atoms with Gasteiger partial charge in [-0.2, -0.15) is 11.8 Å². The number of nitrogens with zero attached hydrogens (tertiary/aromatic N) is 1. The molecule has 2 fully saturated rings. The molecule has 4 unspecified atom stereocenters. The van der Waals surface area contributed by atoms with E-state index >= 15 is 0 Å². The van der Waals surface area contributed by atoms with E-state index in [2.05, 4.69) is 18.7 Å². The van der Waals surface area contributed by atoms with Crippen molar-refractivity contribution < 1.29 is 14.7 Å². The van der Waals surface area contributed by atoms with Crippen molar-refractivity contribution in [1.82, 2.24) is 5.06 Å². The Balaban J connectivity index is 1.63. The Morgan fingerprint density at radius 3 is 2.31 bits per heavy atom. The van der Waals surface area contributed by atoms with Crippen molar-refractivity contribution in [2.75, 3.05) is 18.6 Å². The highest BCUT2D eigenvalue weighted by Crippen LogP contribution is 2.47. The molecule has 2 rings (SSSR count). The quantitative estimate of drug-likeness (QED) is 0.189. The molecule has 0 aromatic heterocycles. The van der Waals surface area contributed by atoms with Gasteiger partial charge >= 0.3 is 0 Å². The van der Waals surface area contributed by atoms with Crippen LogP contribution in [0.4, 0.5) is 0 Å². The van der Waals surface area contributed by atoms with Crippen LogP contribution in [0.15, 0.2) is 0 Å². The normalized spacial score (nSPS) is 26.2. The van der Waals surface area contributed by atoms with Crippen LogP contribution in [-0.4, -0.2) is 46.9 Å². The zero-order valence-electron chi connectivity index (χ0n) is 19.3. The predicted octanol–water partition coefficient (Wildman–Crippen LogP) is 6.31. The summed E-state index contributed by atoms with van der Waals surface area (Å²) < 4.78 is 6.29. The van der Waals surface area contributed by atoms with Crippen molar-refractivity contribution in [2.45, 2.75) is 110 Å². The summed E-state index contributed by atoms with van der Waals surface area (Å²) in [6.45, 7) is 6.14. The molecular formula is C24H45NO3S. The van der Waals surface area contributed by atoms with Crippen LogP contribution in [0.2, 0.25) is 0 Å². The van der Waals surface area contributed by atoms with E-state index < -0.39 is 5.41 Å². The van der Waals surface area contributed by atoms with E-state index in [1.54, 1.807) is 0 Å². The fraction of sp³-hybridized carbons (Fsp3) is 0.958. The van der Waals surface area contributed by atoms with Gasteiger partial charge in [-0.25, -0.2) is 5.06 Å². The van der Waals surface area contributed by atoms with Gasteiger partial charge in [-0.15, -0.1) is 0 Å². The lowest BCUT2D eigenvalue weighted by Gasteiger charge is -2.28. The highest BCUT2D eigenvalue weighted by atomic mass is 32.2. The molecule has 0 aromatic rings. The van der Waals surface area contributed by atoms with Gasteiger partial charge in [0.15, 0.2) is 0 Å². The van der Waals surface area contributed by atoms with Crippen molar-refractivity contribution >= 4 is 17.7 Å². The van der Waals surface area contributed by atoms with Crippen LogP contribution in [0, 0.1) is 17.3 Å². The minimum atomic E-state index is -0.476. The Morgan fingerprint density at radius 1 is 1.00 bits per heavy atom. The minimum absolute atomic E-state index is 0.189. The van der Waals surface area contributed by atoms with E-state index in [4.69, 9.17) is 4.74 Å². The predicted molar refractivity (Wildman–Crippen MR) is 122 cm³/mol. The maximum absolute atomic E-state index is 12.0. The fourth-order valence-electron chi connectivity index (χ4n) is 5.29. The number of unbranched alkanes of at least 4 members (excludes halogenated alkanes) is 5. The average Bonchev–Trinajstić information content (AvgIpc) is 3.28. The molecule has 29 heavy (non-hydrogen) atoms. The second-order valence-corrected chi connectivity index (χ2v) is 11.1. The second-order valence-electron chi connectivity index (χ2n) is 9.89. The first-order chi connectivity index (χ1) is 13.9. The zero-order chi connectivity index (χ0) is 21.3. The molecule has 2 aliphatic heterocycles. The number of hydroxylamine groups is 2. The third-order valence-electron chi connectivity index (χ3n) is 7.04. The summed E-state index contributed by atoms with van der Waals surface area (Å²) in [5.41, 5.74) is -0.476. The van der Waals surface area contributed by atoms with Crippen molar-refractivity contribution in [3.63, 3.8) is 0 Å². The van der Waals surface area contributed by atoms with Crippen LogP contribution < -0.4 is 0 Å². The number of thioether (sulfide) groups is 1. The topological polar surface area (TPSA) is 49.8 Å². The van der Waals surface area contributed by atoms with E-state index in [1.165, 1.54) is 82.8 Å². The summed E-state index contributed by atoms with van der Waals surface area (Å²) in [5, 5.41) is 10.1. The first-order valence-corrected chi connectivity index (χ1v) is 13.2. The third-order valence-corrected chi connectivity index (χ3v) is 8.14. The van der Waals surface area contributed by atoms with E-state index in [0.29, 0.717) is 12.2 Å². The Labute approximate surface area is 183 Å². The van der Waals surface area contributed by atoms with Gasteiger partial charge in [-0.05, 0) is 61.9 Å². The summed E-state index contributed by atoms with van der Waals surface area (Å²) in [5.74, 6) is 3.96. The van der Waals surface area contributed by atoms with Gasteiger partial charge in [0.2, 0.25) is 0 Å². The van der Waals surface area contributed by atoms with Crippen molar-refractivity contribution in [3.8, 4) is 0 Å². The van der Waals surface area contributed by atoms with Crippen LogP contribution in [-0.2, 0) is 9.53 Å². The first-order valence-electron chi connectivity index (χ1n) is 12.1. The molecule has 0 aromatic carbocycles. The first kappa shape index (κ1) is 25.0. The Hall–Kier alpha value is -0.260. The number of hydrogen-bond donors (Lipinski definition) is 1. The molecule has 2 heterocycles. The van der Waals surface area contributed by atoms with Crippen molar-refractivity contribution in [1.29, 1.82) is 0 Å². The largest absolute Gasteiger partial charge is 0.374 e. The van der Waals surface area contributed by atoms with Crippen LogP contribution in [0.25, 0.3) is 0 Å². The lowest BCUT2D eigenvalue weighted by atomic mass is 9.75. The zero-order valence-corrected chi connectivity index (χ0v) is 20.1. The molecule has 0 spiro atoms. The fourth-order valence-corrected chi connectivity index (χ4v) is 6.34. The third kappa shape index (κ3) is 7.74. The Kier molecular flexibility index (Phi) is 10.8. The molecule has 0 aliphatic carbocycles. The monoisotopic (exact) mass is 427 g/mol. The minimum Gasteiger partial charge on any atom is -0.374 e. The SMILES string of the molecule is CCCCCCSCCC1C2CCC(O2)C1CCCCCC(C)(C)C(=O)N(C)O. The standard InChI is InChI=1S/C24H45NO3S/c1-5-6-7-11-17-29-18-15-20-19(21-13-14-22(20)28-21)12-9-8-10-16-24(2,3)23(26)25(4)27/h19-22,27H,5-18H2,1-4H3. The van der Waals surface area contributed by atoms with Gasteiger partial charge in [0.05, 0.1) is 12.2 Å². The summed E-state index contributed by atoms with van der Waals surface area (Å²) in [4.78, 5) is 12.0. The average molecular weight is 428 g/mol. The van der Waals surface area contributed by atoms with Gasteiger partial charge in [-0.3, -0.25) is 10.0 Å². The van der Waals surface area contributed by atoms with E-state index in [9.17, 15) is 10.0 Å². The number of hydrogen-bond acceptors (Lipinski definition) is 4. The highest BCUT2D eigenvalue weighted by molar-refractivity contribution is 7.99. The Morgan fingerprint density at radius 2 is 1.66 bits per heavy atom. The number of rotatable bonds is 15.